The van der Waals surface area contributed by atoms with Gasteiger partial charge in [0, 0.05) is 30.9 Å². The van der Waals surface area contributed by atoms with E-state index in [1.54, 1.807) is 13.3 Å². The van der Waals surface area contributed by atoms with E-state index in [-0.39, 0.29) is 17.9 Å². The van der Waals surface area contributed by atoms with Crippen LogP contribution in [0, 0.1) is 11.8 Å². The molecule has 5 rings (SSSR count). The van der Waals surface area contributed by atoms with Crippen LogP contribution in [0.25, 0.3) is 10.9 Å². The van der Waals surface area contributed by atoms with Crippen LogP contribution in [0.1, 0.15) is 37.9 Å². The van der Waals surface area contributed by atoms with E-state index in [4.69, 9.17) is 9.47 Å². The van der Waals surface area contributed by atoms with E-state index in [0.29, 0.717) is 13.7 Å². The molecule has 3 heterocycles. The average Bonchev–Trinajstić information content (AvgIpc) is 3.29. The molecule has 146 valence electrons. The van der Waals surface area contributed by atoms with Gasteiger partial charge in [0.15, 0.2) is 0 Å². The molecule has 0 bridgehead atoms. The molecule has 2 saturated heterocycles. The Kier molecular flexibility index (Phi) is 4.22. The highest BCUT2D eigenvalue weighted by Gasteiger charge is 2.77. The minimum atomic E-state index is -0.304. The van der Waals surface area contributed by atoms with Gasteiger partial charge in [-0.2, -0.15) is 0 Å². The predicted molar refractivity (Wildman–Crippen MR) is 111 cm³/mol. The third kappa shape index (κ3) is 2.39. The number of fused-ring (bicyclic) bond motifs is 1. The van der Waals surface area contributed by atoms with Gasteiger partial charge in [-0.05, 0) is 55.5 Å². The van der Waals surface area contributed by atoms with Crippen LogP contribution in [0.5, 0.6) is 5.75 Å². The molecule has 1 aromatic heterocycles. The lowest BCUT2D eigenvalue weighted by atomic mass is 9.82. The molecule has 5 atom stereocenters. The molecule has 1 spiro atoms. The molecule has 5 unspecified atom stereocenters. The van der Waals surface area contributed by atoms with Gasteiger partial charge in [-0.1, -0.05) is 19.6 Å². The van der Waals surface area contributed by atoms with Crippen molar-refractivity contribution in [3.63, 3.8) is 0 Å². The summed E-state index contributed by atoms with van der Waals surface area (Å²) in [5.74, 6) is 2.43. The number of carbonyl (C=O) groups excluding carboxylic acids is 1. The van der Waals surface area contributed by atoms with Crippen molar-refractivity contribution in [3.05, 3.63) is 36.0 Å². The maximum Gasteiger partial charge on any atom is 0.356 e. The number of hydrogen-bond acceptors (Lipinski definition) is 5. The summed E-state index contributed by atoms with van der Waals surface area (Å²) < 4.78 is 11.4. The van der Waals surface area contributed by atoms with Crippen LogP contribution in [0.3, 0.4) is 0 Å². The van der Waals surface area contributed by atoms with Gasteiger partial charge < -0.3 is 9.47 Å². The molecule has 3 aliphatic rings. The Hall–Kier alpha value is -1.97. The van der Waals surface area contributed by atoms with Crippen molar-refractivity contribution in [1.82, 2.24) is 9.88 Å². The molecule has 5 nitrogen and oxygen atoms in total. The summed E-state index contributed by atoms with van der Waals surface area (Å²) in [5, 5.41) is 0.986. The molecule has 0 N–H and O–H groups in total. The third-order valence-electron chi connectivity index (χ3n) is 7.25. The number of methoxy groups -OCH3 is 1. The molecule has 2 aliphatic heterocycles. The Bertz CT molecular complexity index is 958. The van der Waals surface area contributed by atoms with Gasteiger partial charge in [0.05, 0.1) is 18.7 Å². The SMILES string of the molecule is C=PC(=O)OC(c1ccnc2ccc(OC)cc12)C1CC23C(CC)C2CCN13. The maximum atomic E-state index is 12.2. The number of ether oxygens (including phenoxy) is 2. The van der Waals surface area contributed by atoms with Crippen molar-refractivity contribution in [2.24, 2.45) is 11.8 Å². The van der Waals surface area contributed by atoms with Crippen molar-refractivity contribution < 1.29 is 14.3 Å². The fraction of sp³-hybridized carbons (Fsp3) is 0.500. The minimum absolute atomic E-state index is 0.226. The molecule has 2 aromatic rings. The quantitative estimate of drug-likeness (QED) is 0.664. The second kappa shape index (κ2) is 6.53. The Balaban J connectivity index is 1.55. The largest absolute Gasteiger partial charge is 0.497 e. The van der Waals surface area contributed by atoms with E-state index in [9.17, 15) is 4.79 Å². The molecule has 28 heavy (non-hydrogen) atoms. The number of hydrogen-bond donors (Lipinski definition) is 0. The Labute approximate surface area is 166 Å². The van der Waals surface area contributed by atoms with Crippen molar-refractivity contribution >= 4 is 31.1 Å². The zero-order chi connectivity index (χ0) is 19.5. The number of benzene rings is 1. The molecule has 0 radical (unpaired) electrons. The second-order valence-electron chi connectivity index (χ2n) is 8.11. The number of piperidine rings is 1. The van der Waals surface area contributed by atoms with E-state index >= 15 is 0 Å². The molecule has 1 saturated carbocycles. The van der Waals surface area contributed by atoms with Crippen LogP contribution in [0.15, 0.2) is 30.5 Å². The van der Waals surface area contributed by atoms with Crippen molar-refractivity contribution in [2.45, 2.75) is 43.9 Å². The van der Waals surface area contributed by atoms with Gasteiger partial charge in [-0.25, -0.2) is 4.79 Å². The highest BCUT2D eigenvalue weighted by molar-refractivity contribution is 7.55. The van der Waals surface area contributed by atoms with E-state index in [1.165, 1.54) is 12.8 Å². The first kappa shape index (κ1) is 18.1. The molecule has 1 aromatic carbocycles. The summed E-state index contributed by atoms with van der Waals surface area (Å²) in [6.07, 6.45) is 8.81. The number of carbonyl (C=O) groups is 1. The minimum Gasteiger partial charge on any atom is -0.497 e. The number of nitrogens with zero attached hydrogens (tertiary/aromatic N) is 2. The first-order chi connectivity index (χ1) is 13.6. The van der Waals surface area contributed by atoms with Crippen molar-refractivity contribution in [3.8, 4) is 5.75 Å². The number of pyridine rings is 1. The van der Waals surface area contributed by atoms with E-state index in [0.717, 1.165) is 47.0 Å². The van der Waals surface area contributed by atoms with Gasteiger partial charge in [-0.15, -0.1) is 0 Å². The lowest BCUT2D eigenvalue weighted by Gasteiger charge is -2.51. The van der Waals surface area contributed by atoms with Crippen LogP contribution in [0.2, 0.25) is 0 Å². The summed E-state index contributed by atoms with van der Waals surface area (Å²) >= 11 is 0. The maximum absolute atomic E-state index is 12.2. The van der Waals surface area contributed by atoms with Crippen LogP contribution in [-0.2, 0) is 4.74 Å². The monoisotopic (exact) mass is 396 g/mol. The lowest BCUT2D eigenvalue weighted by Crippen LogP contribution is -2.60. The van der Waals surface area contributed by atoms with Crippen molar-refractivity contribution in [1.29, 1.82) is 0 Å². The zero-order valence-corrected chi connectivity index (χ0v) is 17.2. The van der Waals surface area contributed by atoms with E-state index in [1.807, 2.05) is 24.3 Å². The molecule has 1 aliphatic carbocycles. The molecular formula is C22H25N2O3P. The summed E-state index contributed by atoms with van der Waals surface area (Å²) in [5.41, 5.74) is 2.00. The molecule has 6 heteroatoms. The van der Waals surface area contributed by atoms with Crippen LogP contribution in [0.4, 0.5) is 4.79 Å². The van der Waals surface area contributed by atoms with E-state index in [2.05, 4.69) is 23.1 Å². The van der Waals surface area contributed by atoms with Crippen LogP contribution >= 0.6 is 8.20 Å². The molecular weight excluding hydrogens is 371 g/mol. The average molecular weight is 396 g/mol. The highest BCUT2D eigenvalue weighted by atomic mass is 31.1. The van der Waals surface area contributed by atoms with Gasteiger partial charge in [0.2, 0.25) is 0 Å². The first-order valence-electron chi connectivity index (χ1n) is 10.0. The zero-order valence-electron chi connectivity index (χ0n) is 16.3. The number of rotatable bonds is 6. The van der Waals surface area contributed by atoms with Gasteiger partial charge >= 0.3 is 5.71 Å². The Morgan fingerprint density at radius 3 is 3.04 bits per heavy atom. The lowest BCUT2D eigenvalue weighted by molar-refractivity contribution is -0.0687. The predicted octanol–water partition coefficient (Wildman–Crippen LogP) is 4.67. The van der Waals surface area contributed by atoms with Crippen LogP contribution in [-0.4, -0.2) is 47.1 Å². The normalized spacial score (nSPS) is 31.7. The first-order valence-corrected chi connectivity index (χ1v) is 11.1. The van der Waals surface area contributed by atoms with Crippen molar-refractivity contribution in [2.75, 3.05) is 13.7 Å². The second-order valence-corrected chi connectivity index (χ2v) is 8.79. The summed E-state index contributed by atoms with van der Waals surface area (Å²) in [7, 11) is 2.05. The fourth-order valence-electron chi connectivity index (χ4n) is 6.10. The smallest absolute Gasteiger partial charge is 0.356 e. The number of aromatic nitrogens is 1. The standard InChI is InChI=1S/C22H25N2O3P/c1-4-16-17-8-10-24-19(12-22(16,17)24)20(27-21(25)28-3)14-7-9-23-18-6-5-13(26-2)11-15(14)18/h5-7,9,11,16-17,19-20H,3-4,8,10,12H2,1-2H3. The van der Waals surface area contributed by atoms with E-state index < -0.39 is 0 Å². The van der Waals surface area contributed by atoms with Gasteiger partial charge in [0.1, 0.15) is 11.9 Å². The molecule has 3 fully saturated rings. The van der Waals surface area contributed by atoms with Gasteiger partial charge in [0.25, 0.3) is 0 Å². The summed E-state index contributed by atoms with van der Waals surface area (Å²) in [6.45, 7) is 3.40. The Morgan fingerprint density at radius 1 is 1.46 bits per heavy atom. The topological polar surface area (TPSA) is 51.7 Å². The van der Waals surface area contributed by atoms with Gasteiger partial charge in [-0.3, -0.25) is 9.88 Å². The van der Waals surface area contributed by atoms with Crippen LogP contribution < -0.4 is 4.74 Å². The Morgan fingerprint density at radius 2 is 2.32 bits per heavy atom. The third-order valence-corrected chi connectivity index (χ3v) is 7.61. The summed E-state index contributed by atoms with van der Waals surface area (Å²) in [6, 6.07) is 8.08. The fourth-order valence-corrected chi connectivity index (χ4v) is 6.29. The summed E-state index contributed by atoms with van der Waals surface area (Å²) in [4.78, 5) is 19.4. The highest BCUT2D eigenvalue weighted by Crippen LogP contribution is 2.72. The molecule has 0 amide bonds.